The summed E-state index contributed by atoms with van der Waals surface area (Å²) in [4.78, 5) is 26.2. The van der Waals surface area contributed by atoms with Crippen molar-refractivity contribution in [1.29, 1.82) is 0 Å². The highest BCUT2D eigenvalue weighted by molar-refractivity contribution is 5.93. The van der Waals surface area contributed by atoms with Crippen LogP contribution >= 0.6 is 0 Å². The third-order valence-electron chi connectivity index (χ3n) is 5.52. The lowest BCUT2D eigenvalue weighted by atomic mass is 9.81. The number of benzene rings is 1. The summed E-state index contributed by atoms with van der Waals surface area (Å²) in [5.74, 6) is 1.07. The number of aromatic nitrogens is 3. The highest BCUT2D eigenvalue weighted by Gasteiger charge is 2.43. The van der Waals surface area contributed by atoms with Crippen molar-refractivity contribution >= 4 is 12.4 Å². The van der Waals surface area contributed by atoms with Gasteiger partial charge in [-0.3, -0.25) is 14.6 Å². The molecule has 0 radical (unpaired) electrons. The van der Waals surface area contributed by atoms with Gasteiger partial charge < -0.3 is 19.9 Å². The topological polar surface area (TPSA) is 116 Å². The average molecular weight is 436 g/mol. The Kier molecular flexibility index (Phi) is 6.07. The molecule has 1 atom stereocenters. The van der Waals surface area contributed by atoms with Crippen molar-refractivity contribution in [2.75, 3.05) is 13.2 Å². The van der Waals surface area contributed by atoms with Gasteiger partial charge in [0, 0.05) is 31.6 Å². The number of hydrogen-bond acceptors (Lipinski definition) is 6. The molecule has 0 bridgehead atoms. The van der Waals surface area contributed by atoms with Crippen LogP contribution in [0.15, 0.2) is 48.7 Å². The number of pyridine rings is 1. The van der Waals surface area contributed by atoms with E-state index in [2.05, 4.69) is 15.4 Å². The molecule has 2 aromatic heterocycles. The van der Waals surface area contributed by atoms with E-state index in [1.807, 2.05) is 43.3 Å². The molecule has 0 saturated carbocycles. The monoisotopic (exact) mass is 436 g/mol. The molecule has 4 heterocycles. The number of carboxylic acid groups (broad SMARTS) is 1. The van der Waals surface area contributed by atoms with Crippen LogP contribution in [0, 0.1) is 6.92 Å². The van der Waals surface area contributed by atoms with Gasteiger partial charge in [0.1, 0.15) is 17.0 Å². The zero-order valence-electron chi connectivity index (χ0n) is 17.7. The number of carbonyl (C=O) groups is 2. The van der Waals surface area contributed by atoms with Crippen molar-refractivity contribution in [3.63, 3.8) is 0 Å². The largest absolute Gasteiger partial charge is 0.491 e. The first-order chi connectivity index (χ1) is 15.6. The lowest BCUT2D eigenvalue weighted by Crippen LogP contribution is -2.50. The fourth-order valence-corrected chi connectivity index (χ4v) is 4.01. The Balaban J connectivity index is 0.000000775. The number of carbonyl (C=O) groups excluding carboxylic acids is 1. The summed E-state index contributed by atoms with van der Waals surface area (Å²) in [6.45, 7) is 3.68. The first kappa shape index (κ1) is 21.4. The number of ether oxygens (including phenoxy) is 2. The molecule has 2 aliphatic rings. The van der Waals surface area contributed by atoms with Gasteiger partial charge in [-0.25, -0.2) is 4.68 Å². The van der Waals surface area contributed by atoms with Gasteiger partial charge in [-0.05, 0) is 24.6 Å². The Morgan fingerprint density at radius 1 is 1.22 bits per heavy atom. The Labute approximate surface area is 185 Å². The minimum absolute atomic E-state index is 0.250. The molecule has 2 N–H and O–H groups in total. The summed E-state index contributed by atoms with van der Waals surface area (Å²) >= 11 is 0. The summed E-state index contributed by atoms with van der Waals surface area (Å²) in [6, 6.07) is 13.6. The van der Waals surface area contributed by atoms with Crippen molar-refractivity contribution in [3.05, 3.63) is 71.2 Å². The summed E-state index contributed by atoms with van der Waals surface area (Å²) < 4.78 is 13.2. The molecular formula is C23H24N4O5. The fourth-order valence-electron chi connectivity index (χ4n) is 4.01. The van der Waals surface area contributed by atoms with Crippen LogP contribution in [0.25, 0.3) is 0 Å². The minimum Gasteiger partial charge on any atom is -0.491 e. The maximum Gasteiger partial charge on any atom is 0.290 e. The van der Waals surface area contributed by atoms with E-state index in [1.165, 1.54) is 0 Å². The molecule has 1 aromatic carbocycles. The van der Waals surface area contributed by atoms with Crippen molar-refractivity contribution in [3.8, 4) is 11.6 Å². The van der Waals surface area contributed by atoms with Crippen molar-refractivity contribution in [2.45, 2.75) is 31.8 Å². The number of hydrogen-bond donors (Lipinski definition) is 2. The summed E-state index contributed by atoms with van der Waals surface area (Å²) in [6.07, 6.45) is 3.19. The van der Waals surface area contributed by atoms with Crippen LogP contribution in [0.4, 0.5) is 0 Å². The van der Waals surface area contributed by atoms with Crippen molar-refractivity contribution < 1.29 is 24.2 Å². The molecule has 2 aliphatic heterocycles. The number of fused-ring (bicyclic) bond motifs is 2. The lowest BCUT2D eigenvalue weighted by molar-refractivity contribution is -0.122. The first-order valence-corrected chi connectivity index (χ1v) is 10.3. The molecule has 32 heavy (non-hydrogen) atoms. The fraction of sp³-hybridized carbons (Fsp3) is 0.304. The van der Waals surface area contributed by atoms with Gasteiger partial charge in [-0.2, -0.15) is 5.10 Å². The number of nitrogens with zero attached hydrogens (tertiary/aromatic N) is 3. The molecule has 0 unspecified atom stereocenters. The van der Waals surface area contributed by atoms with E-state index in [0.29, 0.717) is 42.7 Å². The highest BCUT2D eigenvalue weighted by Crippen LogP contribution is 2.40. The highest BCUT2D eigenvalue weighted by atomic mass is 16.5. The molecule has 0 saturated heterocycles. The molecule has 9 nitrogen and oxygen atoms in total. The second-order valence-corrected chi connectivity index (χ2v) is 7.57. The average Bonchev–Trinajstić information content (AvgIpc) is 3.25. The van der Waals surface area contributed by atoms with E-state index in [9.17, 15) is 4.79 Å². The smallest absolute Gasteiger partial charge is 0.290 e. The molecule has 3 aromatic rings. The van der Waals surface area contributed by atoms with Gasteiger partial charge in [0.2, 0.25) is 5.88 Å². The van der Waals surface area contributed by atoms with E-state index >= 15 is 0 Å². The third kappa shape index (κ3) is 4.01. The van der Waals surface area contributed by atoms with Crippen molar-refractivity contribution in [1.82, 2.24) is 20.1 Å². The van der Waals surface area contributed by atoms with Crippen LogP contribution < -0.4 is 14.8 Å². The van der Waals surface area contributed by atoms with Gasteiger partial charge >= 0.3 is 0 Å². The first-order valence-electron chi connectivity index (χ1n) is 10.3. The molecule has 166 valence electrons. The standard InChI is InChI=1S/C22H22N4O3.CH2O2/c1-15-5-7-16(8-6-15)22(9-13-28-18-4-2-10-23-20(18)22)24-21(27)17-14-19-26(25-17)11-3-12-29-19;2-1-3/h2,4-8,10,14H,3,9,11-13H2,1H3,(H,24,27);1H,(H,2,3)/t22-;/m0./s1. The second kappa shape index (κ2) is 9.09. The molecule has 5 rings (SSSR count). The van der Waals surface area contributed by atoms with E-state index < -0.39 is 5.54 Å². The van der Waals surface area contributed by atoms with E-state index in [4.69, 9.17) is 19.4 Å². The van der Waals surface area contributed by atoms with E-state index in [0.717, 1.165) is 24.1 Å². The van der Waals surface area contributed by atoms with Crippen LogP contribution in [-0.2, 0) is 16.9 Å². The Bertz CT molecular complexity index is 1090. The number of rotatable bonds is 3. The van der Waals surface area contributed by atoms with Gasteiger partial charge in [-0.1, -0.05) is 29.8 Å². The Hall–Kier alpha value is -3.88. The minimum atomic E-state index is -0.787. The lowest BCUT2D eigenvalue weighted by Gasteiger charge is -2.38. The summed E-state index contributed by atoms with van der Waals surface area (Å²) in [5, 5.41) is 14.6. The maximum atomic E-state index is 13.3. The Morgan fingerprint density at radius 3 is 2.75 bits per heavy atom. The summed E-state index contributed by atoms with van der Waals surface area (Å²) in [5.41, 5.74) is 2.40. The predicted molar refractivity (Wildman–Crippen MR) is 115 cm³/mol. The van der Waals surface area contributed by atoms with Crippen LogP contribution in [0.5, 0.6) is 11.6 Å². The quantitative estimate of drug-likeness (QED) is 0.606. The van der Waals surface area contributed by atoms with E-state index in [1.54, 1.807) is 16.9 Å². The van der Waals surface area contributed by atoms with Gasteiger partial charge in [0.05, 0.1) is 13.2 Å². The number of aryl methyl sites for hydroxylation is 2. The van der Waals surface area contributed by atoms with Crippen LogP contribution in [0.3, 0.4) is 0 Å². The summed E-state index contributed by atoms with van der Waals surface area (Å²) in [7, 11) is 0. The molecule has 9 heteroatoms. The van der Waals surface area contributed by atoms with Gasteiger partial charge in [-0.15, -0.1) is 0 Å². The zero-order chi connectivity index (χ0) is 22.6. The van der Waals surface area contributed by atoms with Crippen LogP contribution in [0.1, 0.15) is 40.2 Å². The van der Waals surface area contributed by atoms with Gasteiger partial charge in [0.15, 0.2) is 5.69 Å². The number of nitrogens with one attached hydrogen (secondary N) is 1. The molecule has 0 fully saturated rings. The molecule has 0 aliphatic carbocycles. The zero-order valence-corrected chi connectivity index (χ0v) is 17.7. The molecular weight excluding hydrogens is 412 g/mol. The predicted octanol–water partition coefficient (Wildman–Crippen LogP) is 2.53. The second-order valence-electron chi connectivity index (χ2n) is 7.57. The van der Waals surface area contributed by atoms with Gasteiger partial charge in [0.25, 0.3) is 12.4 Å². The maximum absolute atomic E-state index is 13.3. The number of amides is 1. The SMILES string of the molecule is Cc1ccc([C@@]2(NC(=O)c3cc4n(n3)CCCO4)CCOc3cccnc32)cc1.O=CO. The Morgan fingerprint density at radius 2 is 2.00 bits per heavy atom. The normalized spacial score (nSPS) is 18.5. The van der Waals surface area contributed by atoms with Crippen molar-refractivity contribution in [2.24, 2.45) is 0 Å². The van der Waals surface area contributed by atoms with Crippen LogP contribution in [-0.4, -0.2) is 45.5 Å². The third-order valence-corrected chi connectivity index (χ3v) is 5.52. The molecule has 1 amide bonds. The van der Waals surface area contributed by atoms with Crippen LogP contribution in [0.2, 0.25) is 0 Å². The molecule has 0 spiro atoms. The van der Waals surface area contributed by atoms with E-state index in [-0.39, 0.29) is 12.4 Å².